The Hall–Kier alpha value is -2.71. The molecule has 0 spiro atoms. The minimum absolute atomic E-state index is 0.0285. The highest BCUT2D eigenvalue weighted by Gasteiger charge is 2.18. The van der Waals surface area contributed by atoms with E-state index in [9.17, 15) is 14.9 Å². The number of nitrogens with zero attached hydrogens (tertiary/aromatic N) is 5. The van der Waals surface area contributed by atoms with Crippen molar-refractivity contribution >= 4 is 28.9 Å². The molecule has 0 fully saturated rings. The van der Waals surface area contributed by atoms with Crippen LogP contribution in [-0.4, -0.2) is 24.7 Å². The average Bonchev–Trinajstić information content (AvgIpc) is 2.95. The van der Waals surface area contributed by atoms with Gasteiger partial charge >= 0.3 is 5.69 Å². The van der Waals surface area contributed by atoms with Gasteiger partial charge in [-0.05, 0) is 53.6 Å². The maximum Gasteiger partial charge on any atom is 0.364 e. The lowest BCUT2D eigenvalue weighted by Crippen LogP contribution is -2.28. The van der Waals surface area contributed by atoms with Gasteiger partial charge in [-0.15, -0.1) is 0 Å². The van der Waals surface area contributed by atoms with Crippen molar-refractivity contribution in [1.29, 1.82) is 0 Å². The number of aromatic nitrogens is 4. The van der Waals surface area contributed by atoms with Crippen molar-refractivity contribution in [2.45, 2.75) is 26.4 Å². The summed E-state index contributed by atoms with van der Waals surface area (Å²) in [5.41, 5.74) is 1.54. The topological polar surface area (TPSA) is 95.8 Å². The molecule has 1 unspecified atom stereocenters. The van der Waals surface area contributed by atoms with E-state index in [4.69, 9.17) is 23.2 Å². The Morgan fingerprint density at radius 1 is 1.19 bits per heavy atom. The largest absolute Gasteiger partial charge is 0.364 e. The third-order valence-corrected chi connectivity index (χ3v) is 4.79. The molecule has 8 nitrogen and oxygen atoms in total. The summed E-state index contributed by atoms with van der Waals surface area (Å²) in [5, 5.41) is 19.7. The number of aryl methyl sites for hydroxylation is 1. The van der Waals surface area contributed by atoms with E-state index in [1.807, 2.05) is 0 Å². The van der Waals surface area contributed by atoms with Crippen LogP contribution in [0.15, 0.2) is 41.2 Å². The molecule has 3 aromatic rings. The lowest BCUT2D eigenvalue weighted by atomic mass is 10.1. The van der Waals surface area contributed by atoms with Gasteiger partial charge in [-0.2, -0.15) is 9.36 Å². The van der Waals surface area contributed by atoms with Crippen LogP contribution >= 0.6 is 23.2 Å². The molecule has 140 valence electrons. The van der Waals surface area contributed by atoms with Crippen LogP contribution in [0.5, 0.6) is 0 Å². The van der Waals surface area contributed by atoms with E-state index in [2.05, 4.69) is 10.4 Å². The number of rotatable bonds is 5. The molecule has 0 aliphatic heterocycles. The maximum absolute atomic E-state index is 12.6. The quantitative estimate of drug-likeness (QED) is 0.475. The molecule has 0 saturated heterocycles. The second kappa shape index (κ2) is 7.50. The Kier molecular flexibility index (Phi) is 5.29. The number of hydrogen-bond donors (Lipinski definition) is 0. The first-order valence-corrected chi connectivity index (χ1v) is 8.74. The molecular formula is C17H15Cl2N5O3. The van der Waals surface area contributed by atoms with Gasteiger partial charge < -0.3 is 0 Å². The lowest BCUT2D eigenvalue weighted by Gasteiger charge is -2.12. The highest BCUT2D eigenvalue weighted by Crippen LogP contribution is 2.27. The zero-order chi connectivity index (χ0) is 19.7. The Labute approximate surface area is 164 Å². The van der Waals surface area contributed by atoms with Gasteiger partial charge in [0.2, 0.25) is 0 Å². The lowest BCUT2D eigenvalue weighted by molar-refractivity contribution is -0.385. The monoisotopic (exact) mass is 407 g/mol. The summed E-state index contributed by atoms with van der Waals surface area (Å²) in [5.74, 6) is 0. The third kappa shape index (κ3) is 3.86. The average molecular weight is 408 g/mol. The summed E-state index contributed by atoms with van der Waals surface area (Å²) in [6.07, 6.45) is 0. The van der Waals surface area contributed by atoms with Gasteiger partial charge in [0, 0.05) is 21.7 Å². The van der Waals surface area contributed by atoms with Crippen LogP contribution in [0.3, 0.4) is 0 Å². The Bertz CT molecular complexity index is 1080. The molecule has 27 heavy (non-hydrogen) atoms. The molecule has 2 aromatic carbocycles. The van der Waals surface area contributed by atoms with E-state index in [0.29, 0.717) is 26.7 Å². The van der Waals surface area contributed by atoms with Gasteiger partial charge in [0.15, 0.2) is 0 Å². The Morgan fingerprint density at radius 3 is 2.56 bits per heavy atom. The van der Waals surface area contributed by atoms with Crippen LogP contribution < -0.4 is 5.69 Å². The van der Waals surface area contributed by atoms with Crippen molar-refractivity contribution in [3.63, 3.8) is 0 Å². The van der Waals surface area contributed by atoms with Gasteiger partial charge in [0.1, 0.15) is 0 Å². The van der Waals surface area contributed by atoms with E-state index in [1.54, 1.807) is 44.2 Å². The molecule has 0 radical (unpaired) electrons. The standard InChI is InChI=1S/C17H15Cl2N5O3/c1-10-7-12(3-6-16(10)24(26)27)9-22-17(25)23(21-20-22)11(2)14-5-4-13(18)8-15(14)19/h3-8,11H,9H2,1-2H3. The molecular weight excluding hydrogens is 393 g/mol. The number of halogens is 2. The number of hydrogen-bond acceptors (Lipinski definition) is 5. The predicted octanol–water partition coefficient (Wildman–Crippen LogP) is 3.62. The zero-order valence-electron chi connectivity index (χ0n) is 14.5. The van der Waals surface area contributed by atoms with Crippen molar-refractivity contribution in [1.82, 2.24) is 19.8 Å². The van der Waals surface area contributed by atoms with E-state index >= 15 is 0 Å². The second-order valence-corrected chi connectivity index (χ2v) is 6.93. The van der Waals surface area contributed by atoms with Gasteiger partial charge in [0.05, 0.1) is 17.5 Å². The number of benzene rings is 2. The first kappa shape index (κ1) is 19.1. The minimum Gasteiger partial charge on any atom is -0.258 e. The third-order valence-electron chi connectivity index (χ3n) is 4.23. The van der Waals surface area contributed by atoms with Crippen LogP contribution in [0, 0.1) is 17.0 Å². The fourth-order valence-electron chi connectivity index (χ4n) is 2.79. The zero-order valence-corrected chi connectivity index (χ0v) is 16.0. The molecule has 0 saturated carbocycles. The van der Waals surface area contributed by atoms with Crippen LogP contribution in [0.4, 0.5) is 5.69 Å². The first-order chi connectivity index (χ1) is 12.8. The normalized spacial score (nSPS) is 12.1. The summed E-state index contributed by atoms with van der Waals surface area (Å²) in [7, 11) is 0. The van der Waals surface area contributed by atoms with Gasteiger partial charge in [-0.1, -0.05) is 35.3 Å². The maximum atomic E-state index is 12.6. The number of nitro benzene ring substituents is 1. The molecule has 1 aromatic heterocycles. The van der Waals surface area contributed by atoms with Crippen LogP contribution in [0.1, 0.15) is 29.7 Å². The van der Waals surface area contributed by atoms with Crippen LogP contribution in [-0.2, 0) is 6.54 Å². The van der Waals surface area contributed by atoms with Crippen molar-refractivity contribution in [2.75, 3.05) is 0 Å². The van der Waals surface area contributed by atoms with Crippen LogP contribution in [0.2, 0.25) is 10.0 Å². The molecule has 1 heterocycles. The molecule has 0 aliphatic rings. The number of nitro groups is 1. The predicted molar refractivity (Wildman–Crippen MR) is 101 cm³/mol. The van der Waals surface area contributed by atoms with E-state index in [1.165, 1.54) is 15.4 Å². The van der Waals surface area contributed by atoms with Crippen molar-refractivity contribution < 1.29 is 4.92 Å². The highest BCUT2D eigenvalue weighted by atomic mass is 35.5. The van der Waals surface area contributed by atoms with Crippen molar-refractivity contribution in [2.24, 2.45) is 0 Å². The minimum atomic E-state index is -0.445. The second-order valence-electron chi connectivity index (χ2n) is 6.08. The molecule has 0 amide bonds. The van der Waals surface area contributed by atoms with E-state index < -0.39 is 16.7 Å². The number of tetrazole rings is 1. The summed E-state index contributed by atoms with van der Waals surface area (Å²) < 4.78 is 2.42. The molecule has 3 rings (SSSR count). The first-order valence-electron chi connectivity index (χ1n) is 7.99. The summed E-state index contributed by atoms with van der Waals surface area (Å²) in [6, 6.07) is 9.25. The smallest absolute Gasteiger partial charge is 0.258 e. The molecule has 0 N–H and O–H groups in total. The molecule has 0 aliphatic carbocycles. The Morgan fingerprint density at radius 2 is 1.93 bits per heavy atom. The van der Waals surface area contributed by atoms with Gasteiger partial charge in [0.25, 0.3) is 5.69 Å². The van der Waals surface area contributed by atoms with Gasteiger partial charge in [-0.25, -0.2) is 4.79 Å². The van der Waals surface area contributed by atoms with Crippen molar-refractivity contribution in [3.05, 3.63) is 83.7 Å². The molecule has 10 heteroatoms. The Balaban J connectivity index is 1.88. The highest BCUT2D eigenvalue weighted by molar-refractivity contribution is 6.35. The summed E-state index contributed by atoms with van der Waals surface area (Å²) in [6.45, 7) is 3.58. The summed E-state index contributed by atoms with van der Waals surface area (Å²) >= 11 is 12.1. The SMILES string of the molecule is Cc1cc(Cn2nnn(C(C)c3ccc(Cl)cc3Cl)c2=O)ccc1[N+](=O)[O-]. The van der Waals surface area contributed by atoms with Gasteiger partial charge in [-0.3, -0.25) is 10.1 Å². The summed E-state index contributed by atoms with van der Waals surface area (Å²) in [4.78, 5) is 23.1. The fraction of sp³-hybridized carbons (Fsp3) is 0.235. The molecule has 1 atom stereocenters. The fourth-order valence-corrected chi connectivity index (χ4v) is 3.36. The van der Waals surface area contributed by atoms with Crippen LogP contribution in [0.25, 0.3) is 0 Å². The van der Waals surface area contributed by atoms with Crippen molar-refractivity contribution in [3.8, 4) is 0 Å². The van der Waals surface area contributed by atoms with E-state index in [0.717, 1.165) is 0 Å². The van der Waals surface area contributed by atoms with E-state index in [-0.39, 0.29) is 12.2 Å². The molecule has 0 bridgehead atoms.